The molecule has 0 amide bonds. The zero-order valence-corrected chi connectivity index (χ0v) is 19.3. The number of nitrogens with zero attached hydrogens (tertiary/aromatic N) is 1. The Labute approximate surface area is 187 Å². The second kappa shape index (κ2) is 8.69. The molecule has 1 unspecified atom stereocenters. The average molecular weight is 444 g/mol. The van der Waals surface area contributed by atoms with Crippen LogP contribution < -0.4 is 9.47 Å². The zero-order chi connectivity index (χ0) is 22.2. The van der Waals surface area contributed by atoms with Crippen molar-refractivity contribution in [2.75, 3.05) is 24.9 Å². The van der Waals surface area contributed by atoms with Gasteiger partial charge in [0.2, 0.25) is 6.79 Å². The first-order chi connectivity index (χ1) is 14.8. The van der Waals surface area contributed by atoms with Crippen LogP contribution >= 0.6 is 11.8 Å². The molecule has 7 heteroatoms. The van der Waals surface area contributed by atoms with Gasteiger partial charge in [-0.25, -0.2) is 0 Å². The number of esters is 1. The molecule has 0 saturated heterocycles. The number of hydrogen-bond acceptors (Lipinski definition) is 7. The fourth-order valence-corrected chi connectivity index (χ4v) is 5.14. The predicted octanol–water partition coefficient (Wildman–Crippen LogP) is 4.53. The second-order valence-electron chi connectivity index (χ2n) is 8.99. The third-order valence-corrected chi connectivity index (χ3v) is 6.85. The first kappa shape index (κ1) is 21.9. The van der Waals surface area contributed by atoms with Gasteiger partial charge in [-0.2, -0.15) is 11.8 Å². The van der Waals surface area contributed by atoms with Crippen molar-refractivity contribution < 1.29 is 23.8 Å². The lowest BCUT2D eigenvalue weighted by Gasteiger charge is -2.39. The van der Waals surface area contributed by atoms with Crippen LogP contribution in [0, 0.1) is 11.3 Å². The van der Waals surface area contributed by atoms with E-state index in [1.165, 1.54) is 0 Å². The lowest BCUT2D eigenvalue weighted by atomic mass is 9.67. The van der Waals surface area contributed by atoms with Crippen molar-refractivity contribution in [1.29, 1.82) is 0 Å². The molecule has 3 aliphatic rings. The van der Waals surface area contributed by atoms with Crippen LogP contribution in [0.1, 0.15) is 52.0 Å². The van der Waals surface area contributed by atoms with Crippen LogP contribution in [-0.2, 0) is 14.3 Å². The number of ether oxygens (including phenoxy) is 3. The Morgan fingerprint density at radius 1 is 1.26 bits per heavy atom. The van der Waals surface area contributed by atoms with Crippen molar-refractivity contribution in [3.63, 3.8) is 0 Å². The van der Waals surface area contributed by atoms with Gasteiger partial charge >= 0.3 is 5.97 Å². The molecule has 0 N–H and O–H groups in total. The van der Waals surface area contributed by atoms with E-state index >= 15 is 0 Å². The summed E-state index contributed by atoms with van der Waals surface area (Å²) in [5.41, 5.74) is 2.84. The number of aliphatic imine (C=N–C) groups is 1. The molecule has 1 aromatic rings. The maximum absolute atomic E-state index is 13.3. The van der Waals surface area contributed by atoms with Crippen LogP contribution in [0.15, 0.2) is 34.5 Å². The van der Waals surface area contributed by atoms with Crippen LogP contribution in [0.3, 0.4) is 0 Å². The Bertz CT molecular complexity index is 965. The van der Waals surface area contributed by atoms with Crippen molar-refractivity contribution in [3.05, 3.63) is 35.0 Å². The minimum Gasteiger partial charge on any atom is -0.464 e. The minimum atomic E-state index is -0.629. The fraction of sp³-hybridized carbons (Fsp3) is 0.542. The molecule has 1 aromatic carbocycles. The lowest BCUT2D eigenvalue weighted by Crippen LogP contribution is -2.39. The fourth-order valence-electron chi connectivity index (χ4n) is 4.65. The lowest BCUT2D eigenvalue weighted by molar-refractivity contribution is -0.145. The first-order valence-corrected chi connectivity index (χ1v) is 11.9. The number of allylic oxidation sites excluding steroid dienone is 2. The maximum Gasteiger partial charge on any atom is 0.315 e. The quantitative estimate of drug-likeness (QED) is 0.475. The standard InChI is InChI=1S/C24H29NO5S/c1-5-31-9-8-28-23(27)20-14(2)25-16-11-24(3,4)12-17(26)22(16)21(20)15-6-7-18-19(10-15)30-13-29-18/h6-7,10,20-21H,5,8-9,11-13H2,1-4H3/t20?,21-/m0/s1. The number of rotatable bonds is 6. The molecule has 166 valence electrons. The molecule has 2 heterocycles. The molecule has 0 aromatic heterocycles. The highest BCUT2D eigenvalue weighted by Gasteiger charge is 2.46. The van der Waals surface area contributed by atoms with Crippen molar-refractivity contribution >= 4 is 29.2 Å². The van der Waals surface area contributed by atoms with Gasteiger partial charge in [0.1, 0.15) is 12.5 Å². The number of ketones is 1. The van der Waals surface area contributed by atoms with Gasteiger partial charge in [0.15, 0.2) is 17.3 Å². The summed E-state index contributed by atoms with van der Waals surface area (Å²) in [6.07, 6.45) is 1.15. The monoisotopic (exact) mass is 443 g/mol. The molecule has 1 aliphatic carbocycles. The van der Waals surface area contributed by atoms with E-state index in [1.54, 1.807) is 11.8 Å². The third-order valence-electron chi connectivity index (χ3n) is 5.99. The highest BCUT2D eigenvalue weighted by atomic mass is 32.2. The van der Waals surface area contributed by atoms with Crippen LogP contribution in [0.5, 0.6) is 11.5 Å². The van der Waals surface area contributed by atoms with Gasteiger partial charge in [-0.15, -0.1) is 0 Å². The Balaban J connectivity index is 1.74. The Morgan fingerprint density at radius 3 is 2.81 bits per heavy atom. The number of carbonyl (C=O) groups is 2. The zero-order valence-electron chi connectivity index (χ0n) is 18.5. The summed E-state index contributed by atoms with van der Waals surface area (Å²) in [6.45, 7) is 8.63. The third kappa shape index (κ3) is 4.38. The SMILES string of the molecule is CCSCCOC(=O)C1C(C)=NC2=C(C(=O)CC(C)(C)C2)[C@H]1c1ccc2c(c1)OCO2. The van der Waals surface area contributed by atoms with E-state index in [-0.39, 0.29) is 24.0 Å². The summed E-state index contributed by atoms with van der Waals surface area (Å²) in [5, 5.41) is 0. The van der Waals surface area contributed by atoms with E-state index in [0.29, 0.717) is 42.2 Å². The largest absolute Gasteiger partial charge is 0.464 e. The Kier molecular flexibility index (Phi) is 6.15. The van der Waals surface area contributed by atoms with Gasteiger partial charge in [0.25, 0.3) is 0 Å². The molecular weight excluding hydrogens is 414 g/mol. The van der Waals surface area contributed by atoms with E-state index < -0.39 is 11.8 Å². The van der Waals surface area contributed by atoms with Gasteiger partial charge < -0.3 is 14.2 Å². The summed E-state index contributed by atoms with van der Waals surface area (Å²) >= 11 is 1.73. The molecule has 4 rings (SSSR count). The second-order valence-corrected chi connectivity index (χ2v) is 10.4. The van der Waals surface area contributed by atoms with Crippen molar-refractivity contribution in [2.24, 2.45) is 16.3 Å². The van der Waals surface area contributed by atoms with Gasteiger partial charge in [-0.1, -0.05) is 26.8 Å². The normalized spacial score (nSPS) is 24.0. The van der Waals surface area contributed by atoms with E-state index in [9.17, 15) is 9.59 Å². The van der Waals surface area contributed by atoms with Crippen LogP contribution in [-0.4, -0.2) is 42.4 Å². The molecule has 0 fully saturated rings. The molecular formula is C24H29NO5S. The van der Waals surface area contributed by atoms with E-state index in [0.717, 1.165) is 22.8 Å². The summed E-state index contributed by atoms with van der Waals surface area (Å²) in [5.74, 6) is 1.70. The van der Waals surface area contributed by atoms with Gasteiger partial charge in [-0.05, 0) is 42.2 Å². The van der Waals surface area contributed by atoms with E-state index in [1.807, 2.05) is 25.1 Å². The van der Waals surface area contributed by atoms with Crippen molar-refractivity contribution in [1.82, 2.24) is 0 Å². The highest BCUT2D eigenvalue weighted by Crippen LogP contribution is 2.49. The summed E-state index contributed by atoms with van der Waals surface area (Å²) in [6, 6.07) is 5.65. The number of Topliss-reactive ketones (excluding diaryl/α,β-unsaturated/α-hetero) is 1. The topological polar surface area (TPSA) is 74.2 Å². The van der Waals surface area contributed by atoms with Crippen molar-refractivity contribution in [2.45, 2.75) is 46.5 Å². The smallest absolute Gasteiger partial charge is 0.315 e. The van der Waals surface area contributed by atoms with Gasteiger partial charge in [-0.3, -0.25) is 14.6 Å². The van der Waals surface area contributed by atoms with Crippen LogP contribution in [0.4, 0.5) is 0 Å². The summed E-state index contributed by atoms with van der Waals surface area (Å²) < 4.78 is 16.6. The van der Waals surface area contributed by atoms with Crippen LogP contribution in [0.2, 0.25) is 0 Å². The molecule has 0 bridgehead atoms. The number of benzene rings is 1. The molecule has 0 saturated carbocycles. The number of thioether (sulfide) groups is 1. The average Bonchev–Trinajstić information content (AvgIpc) is 3.16. The van der Waals surface area contributed by atoms with Crippen LogP contribution in [0.25, 0.3) is 0 Å². The summed E-state index contributed by atoms with van der Waals surface area (Å²) in [4.78, 5) is 31.3. The van der Waals surface area contributed by atoms with Gasteiger partial charge in [0.05, 0.1) is 0 Å². The number of fused-ring (bicyclic) bond motifs is 1. The molecule has 2 aliphatic heterocycles. The molecule has 2 atom stereocenters. The molecule has 31 heavy (non-hydrogen) atoms. The highest BCUT2D eigenvalue weighted by molar-refractivity contribution is 7.99. The Morgan fingerprint density at radius 2 is 2.03 bits per heavy atom. The Hall–Kier alpha value is -2.28. The minimum absolute atomic E-state index is 0.0597. The molecule has 0 spiro atoms. The predicted molar refractivity (Wildman–Crippen MR) is 121 cm³/mol. The van der Waals surface area contributed by atoms with Crippen molar-refractivity contribution in [3.8, 4) is 11.5 Å². The van der Waals surface area contributed by atoms with Gasteiger partial charge in [0, 0.05) is 35.1 Å². The van der Waals surface area contributed by atoms with E-state index in [2.05, 4.69) is 20.8 Å². The first-order valence-electron chi connectivity index (χ1n) is 10.8. The molecule has 6 nitrogen and oxygen atoms in total. The maximum atomic E-state index is 13.3. The van der Waals surface area contributed by atoms with E-state index in [4.69, 9.17) is 19.2 Å². The summed E-state index contributed by atoms with van der Waals surface area (Å²) in [7, 11) is 0. The number of carbonyl (C=O) groups excluding carboxylic acids is 2. The number of hydrogen-bond donors (Lipinski definition) is 0. The molecule has 0 radical (unpaired) electrons.